The number of nitrogens with zero attached hydrogens (tertiary/aromatic N) is 2. The van der Waals surface area contributed by atoms with Gasteiger partial charge >= 0.3 is 0 Å². The number of hydrogen-bond acceptors (Lipinski definition) is 6. The van der Waals surface area contributed by atoms with Crippen molar-refractivity contribution in [2.24, 2.45) is 0 Å². The summed E-state index contributed by atoms with van der Waals surface area (Å²) in [6.07, 6.45) is 0.537. The van der Waals surface area contributed by atoms with Crippen LogP contribution in [0.1, 0.15) is 12.1 Å². The van der Waals surface area contributed by atoms with Crippen LogP contribution in [0.2, 0.25) is 0 Å². The zero-order valence-corrected chi connectivity index (χ0v) is 13.4. The lowest BCUT2D eigenvalue weighted by atomic mass is 10.3. The number of anilines is 3. The highest BCUT2D eigenvalue weighted by Gasteiger charge is 2.28. The molecule has 0 amide bonds. The smallest absolute Gasteiger partial charge is 0.225 e. The summed E-state index contributed by atoms with van der Waals surface area (Å²) in [6, 6.07) is 7.82. The molecule has 2 N–H and O–H groups in total. The van der Waals surface area contributed by atoms with Crippen LogP contribution in [0.15, 0.2) is 30.3 Å². The Hall–Kier alpha value is -2.22. The molecule has 23 heavy (non-hydrogen) atoms. The number of nitrogens with one attached hydrogen (secondary N) is 2. The molecule has 122 valence electrons. The van der Waals surface area contributed by atoms with Crippen LogP contribution < -0.4 is 10.6 Å². The van der Waals surface area contributed by atoms with Gasteiger partial charge in [-0.25, -0.2) is 17.8 Å². The summed E-state index contributed by atoms with van der Waals surface area (Å²) >= 11 is 0. The van der Waals surface area contributed by atoms with Crippen LogP contribution in [-0.4, -0.2) is 35.9 Å². The highest BCUT2D eigenvalue weighted by atomic mass is 32.2. The van der Waals surface area contributed by atoms with E-state index in [9.17, 15) is 12.8 Å². The van der Waals surface area contributed by atoms with Gasteiger partial charge < -0.3 is 10.6 Å². The Bertz CT molecular complexity index is 826. The average molecular weight is 336 g/mol. The fourth-order valence-electron chi connectivity index (χ4n) is 2.49. The number of aromatic nitrogens is 2. The Kier molecular flexibility index (Phi) is 4.16. The van der Waals surface area contributed by atoms with Crippen LogP contribution >= 0.6 is 0 Å². The molecule has 1 fully saturated rings. The lowest BCUT2D eigenvalue weighted by molar-refractivity contribution is 0.602. The second kappa shape index (κ2) is 6.11. The normalized spacial score (nSPS) is 19.5. The maximum absolute atomic E-state index is 13.7. The van der Waals surface area contributed by atoms with Gasteiger partial charge in [-0.3, -0.25) is 0 Å². The number of benzene rings is 1. The SMILES string of the molecule is Cc1cc(Nc2ccccc2F)nc(NC2CCS(=O)(=O)C2)n1. The molecule has 1 aliphatic heterocycles. The number of sulfone groups is 1. The van der Waals surface area contributed by atoms with Crippen molar-refractivity contribution in [3.63, 3.8) is 0 Å². The fourth-order valence-corrected chi connectivity index (χ4v) is 4.16. The van der Waals surface area contributed by atoms with Crippen molar-refractivity contribution >= 4 is 27.3 Å². The molecular formula is C15H17FN4O2S. The first-order chi connectivity index (χ1) is 10.9. The number of para-hydroxylation sites is 1. The fraction of sp³-hybridized carbons (Fsp3) is 0.333. The standard InChI is InChI=1S/C15H17FN4O2S/c1-10-8-14(19-13-5-3-2-4-12(13)16)20-15(17-10)18-11-6-7-23(21,22)9-11/h2-5,8,11H,6-7,9H2,1H3,(H2,17,18,19,20). The van der Waals surface area contributed by atoms with E-state index in [2.05, 4.69) is 20.6 Å². The van der Waals surface area contributed by atoms with E-state index in [1.54, 1.807) is 31.2 Å². The monoisotopic (exact) mass is 336 g/mol. The molecule has 0 radical (unpaired) electrons. The molecule has 1 saturated heterocycles. The molecule has 0 aliphatic carbocycles. The van der Waals surface area contributed by atoms with Crippen LogP contribution in [0.25, 0.3) is 0 Å². The largest absolute Gasteiger partial charge is 0.350 e. The van der Waals surface area contributed by atoms with Crippen molar-refractivity contribution in [2.75, 3.05) is 22.1 Å². The van der Waals surface area contributed by atoms with Gasteiger partial charge in [0.1, 0.15) is 11.6 Å². The van der Waals surface area contributed by atoms with Crippen LogP contribution in [0.3, 0.4) is 0 Å². The Morgan fingerprint density at radius 3 is 2.74 bits per heavy atom. The Balaban J connectivity index is 1.78. The Labute approximate surface area is 134 Å². The van der Waals surface area contributed by atoms with Crippen LogP contribution in [0.4, 0.5) is 21.8 Å². The zero-order valence-electron chi connectivity index (χ0n) is 12.6. The third-order valence-electron chi connectivity index (χ3n) is 3.56. The van der Waals surface area contributed by atoms with Crippen molar-refractivity contribution in [1.82, 2.24) is 9.97 Å². The van der Waals surface area contributed by atoms with Gasteiger partial charge in [0.25, 0.3) is 0 Å². The van der Waals surface area contributed by atoms with Crippen molar-refractivity contribution in [3.8, 4) is 0 Å². The van der Waals surface area contributed by atoms with Crippen molar-refractivity contribution < 1.29 is 12.8 Å². The Morgan fingerprint density at radius 1 is 1.26 bits per heavy atom. The molecule has 6 nitrogen and oxygen atoms in total. The van der Waals surface area contributed by atoms with Crippen molar-refractivity contribution in [1.29, 1.82) is 0 Å². The van der Waals surface area contributed by atoms with E-state index < -0.39 is 9.84 Å². The van der Waals surface area contributed by atoms with Gasteiger partial charge in [-0.2, -0.15) is 4.98 Å². The van der Waals surface area contributed by atoms with Crippen molar-refractivity contribution in [3.05, 3.63) is 41.8 Å². The van der Waals surface area contributed by atoms with Gasteiger partial charge in [-0.15, -0.1) is 0 Å². The quantitative estimate of drug-likeness (QED) is 0.891. The van der Waals surface area contributed by atoms with Crippen LogP contribution in [0.5, 0.6) is 0 Å². The summed E-state index contributed by atoms with van der Waals surface area (Å²) in [5, 5.41) is 5.95. The highest BCUT2D eigenvalue weighted by Crippen LogP contribution is 2.21. The summed E-state index contributed by atoms with van der Waals surface area (Å²) in [5.74, 6) is 0.675. The van der Waals surface area contributed by atoms with E-state index >= 15 is 0 Å². The minimum absolute atomic E-state index is 0.0837. The molecule has 0 spiro atoms. The van der Waals surface area contributed by atoms with E-state index in [1.807, 2.05) is 0 Å². The van der Waals surface area contributed by atoms with E-state index in [-0.39, 0.29) is 23.4 Å². The number of hydrogen-bond donors (Lipinski definition) is 2. The highest BCUT2D eigenvalue weighted by molar-refractivity contribution is 7.91. The summed E-state index contributed by atoms with van der Waals surface area (Å²) in [5.41, 5.74) is 1.02. The number of halogens is 1. The van der Waals surface area contributed by atoms with Crippen molar-refractivity contribution in [2.45, 2.75) is 19.4 Å². The predicted molar refractivity (Wildman–Crippen MR) is 87.1 cm³/mol. The van der Waals surface area contributed by atoms with Gasteiger partial charge in [-0.05, 0) is 25.5 Å². The molecule has 0 bridgehead atoms. The first kappa shape index (κ1) is 15.7. The first-order valence-electron chi connectivity index (χ1n) is 7.25. The predicted octanol–water partition coefficient (Wildman–Crippen LogP) is 2.27. The first-order valence-corrected chi connectivity index (χ1v) is 9.08. The lowest BCUT2D eigenvalue weighted by Crippen LogP contribution is -2.22. The molecule has 0 saturated carbocycles. The molecule has 1 aromatic heterocycles. The summed E-state index contributed by atoms with van der Waals surface area (Å²) < 4.78 is 36.7. The molecule has 3 rings (SSSR count). The molecule has 8 heteroatoms. The Morgan fingerprint density at radius 2 is 2.04 bits per heavy atom. The molecule has 1 aliphatic rings. The number of aryl methyl sites for hydroxylation is 1. The minimum Gasteiger partial charge on any atom is -0.350 e. The molecular weight excluding hydrogens is 319 g/mol. The average Bonchev–Trinajstić information content (AvgIpc) is 2.80. The maximum atomic E-state index is 13.7. The van der Waals surface area contributed by atoms with Gasteiger partial charge in [0.05, 0.1) is 17.2 Å². The topological polar surface area (TPSA) is 84.0 Å². The van der Waals surface area contributed by atoms with Crippen LogP contribution in [0, 0.1) is 12.7 Å². The lowest BCUT2D eigenvalue weighted by Gasteiger charge is -2.13. The number of rotatable bonds is 4. The van der Waals surface area contributed by atoms with E-state index in [1.165, 1.54) is 6.07 Å². The van der Waals surface area contributed by atoms with E-state index in [0.717, 1.165) is 0 Å². The van der Waals surface area contributed by atoms with Crippen LogP contribution in [-0.2, 0) is 9.84 Å². The van der Waals surface area contributed by atoms with Gasteiger partial charge in [0, 0.05) is 17.8 Å². The molecule has 1 unspecified atom stereocenters. The van der Waals surface area contributed by atoms with E-state index in [0.29, 0.717) is 29.6 Å². The van der Waals surface area contributed by atoms with E-state index in [4.69, 9.17) is 0 Å². The zero-order chi connectivity index (χ0) is 16.4. The molecule has 1 atom stereocenters. The summed E-state index contributed by atoms with van der Waals surface area (Å²) in [4.78, 5) is 8.54. The maximum Gasteiger partial charge on any atom is 0.225 e. The van der Waals surface area contributed by atoms with Gasteiger partial charge in [-0.1, -0.05) is 12.1 Å². The third-order valence-corrected chi connectivity index (χ3v) is 5.32. The minimum atomic E-state index is -2.97. The summed E-state index contributed by atoms with van der Waals surface area (Å²) in [7, 11) is -2.97. The molecule has 1 aromatic carbocycles. The van der Waals surface area contributed by atoms with Gasteiger partial charge in [0.2, 0.25) is 5.95 Å². The summed E-state index contributed by atoms with van der Waals surface area (Å²) in [6.45, 7) is 1.80. The molecule has 2 aromatic rings. The second-order valence-electron chi connectivity index (χ2n) is 5.57. The second-order valence-corrected chi connectivity index (χ2v) is 7.80. The van der Waals surface area contributed by atoms with Gasteiger partial charge in [0.15, 0.2) is 9.84 Å². The third kappa shape index (κ3) is 3.95. The molecule has 2 heterocycles.